The average Bonchev–Trinajstić information content (AvgIpc) is 3.57. The van der Waals surface area contributed by atoms with Gasteiger partial charge in [-0.1, -0.05) is 54.8 Å². The van der Waals surface area contributed by atoms with Gasteiger partial charge in [-0.15, -0.1) is 11.3 Å². The minimum atomic E-state index is -0.878. The van der Waals surface area contributed by atoms with Crippen molar-refractivity contribution in [2.75, 3.05) is 12.0 Å². The molecule has 1 saturated carbocycles. The van der Waals surface area contributed by atoms with Crippen molar-refractivity contribution >= 4 is 34.8 Å². The zero-order valence-electron chi connectivity index (χ0n) is 20.0. The number of rotatable bonds is 8. The second-order valence-corrected chi connectivity index (χ2v) is 9.90. The highest BCUT2D eigenvalue weighted by atomic mass is 32.1. The molecule has 7 heteroatoms. The number of methoxy groups -OCH3 is 1. The monoisotopic (exact) mass is 490 g/mol. The molecule has 0 bridgehead atoms. The van der Waals surface area contributed by atoms with Crippen molar-refractivity contribution in [3.8, 4) is 0 Å². The van der Waals surface area contributed by atoms with E-state index >= 15 is 0 Å². The number of carbonyl (C=O) groups excluding carboxylic acids is 3. The van der Waals surface area contributed by atoms with Crippen LogP contribution >= 0.6 is 11.3 Å². The van der Waals surface area contributed by atoms with Gasteiger partial charge in [-0.05, 0) is 55.0 Å². The van der Waals surface area contributed by atoms with Crippen LogP contribution in [0.25, 0.3) is 0 Å². The van der Waals surface area contributed by atoms with E-state index in [1.807, 2.05) is 48.7 Å². The molecule has 1 atom stereocenters. The number of hydrogen-bond acceptors (Lipinski definition) is 5. The first-order chi connectivity index (χ1) is 17.0. The molecule has 1 N–H and O–H groups in total. The Morgan fingerprint density at radius 2 is 1.80 bits per heavy atom. The van der Waals surface area contributed by atoms with E-state index in [0.29, 0.717) is 16.8 Å². The lowest BCUT2D eigenvalue weighted by molar-refractivity contribution is -0.127. The van der Waals surface area contributed by atoms with Crippen molar-refractivity contribution < 1.29 is 19.1 Å². The summed E-state index contributed by atoms with van der Waals surface area (Å²) in [5.74, 6) is -0.940. The molecule has 0 aliphatic heterocycles. The van der Waals surface area contributed by atoms with Crippen LogP contribution in [0.1, 0.15) is 58.1 Å². The summed E-state index contributed by atoms with van der Waals surface area (Å²) in [6.07, 6.45) is 4.20. The topological polar surface area (TPSA) is 75.7 Å². The lowest BCUT2D eigenvalue weighted by Crippen LogP contribution is -2.47. The zero-order chi connectivity index (χ0) is 24.8. The van der Waals surface area contributed by atoms with Gasteiger partial charge in [0.2, 0.25) is 11.8 Å². The SMILES string of the molecule is COC(=O)c1cccc(N(C(=O)Cc2cccs2)C(C(=O)NC2CCCC2)c2ccc(C)cc2)c1. The molecule has 182 valence electrons. The second-order valence-electron chi connectivity index (χ2n) is 8.86. The fraction of sp³-hybridized carbons (Fsp3) is 0.321. The summed E-state index contributed by atoms with van der Waals surface area (Å²) in [6.45, 7) is 1.98. The van der Waals surface area contributed by atoms with Gasteiger partial charge in [-0.2, -0.15) is 0 Å². The van der Waals surface area contributed by atoms with Gasteiger partial charge >= 0.3 is 5.97 Å². The predicted molar refractivity (Wildman–Crippen MR) is 138 cm³/mol. The predicted octanol–water partition coefficient (Wildman–Crippen LogP) is 5.22. The molecule has 35 heavy (non-hydrogen) atoms. The number of nitrogens with one attached hydrogen (secondary N) is 1. The van der Waals surface area contributed by atoms with Crippen LogP contribution in [0.5, 0.6) is 0 Å². The number of esters is 1. The minimum absolute atomic E-state index is 0.103. The van der Waals surface area contributed by atoms with E-state index in [2.05, 4.69) is 5.32 Å². The van der Waals surface area contributed by atoms with Crippen LogP contribution in [0, 0.1) is 6.92 Å². The summed E-state index contributed by atoms with van der Waals surface area (Å²) in [5.41, 5.74) is 2.57. The molecule has 2 amide bonds. The van der Waals surface area contributed by atoms with Crippen LogP contribution in [0.15, 0.2) is 66.0 Å². The maximum Gasteiger partial charge on any atom is 0.337 e. The maximum absolute atomic E-state index is 13.8. The Morgan fingerprint density at radius 3 is 2.46 bits per heavy atom. The summed E-state index contributed by atoms with van der Waals surface area (Å²) in [5, 5.41) is 5.11. The number of aryl methyl sites for hydroxylation is 1. The molecule has 1 unspecified atom stereocenters. The molecule has 1 aromatic heterocycles. The molecule has 1 heterocycles. The first-order valence-electron chi connectivity index (χ1n) is 11.9. The van der Waals surface area contributed by atoms with Crippen LogP contribution in [-0.4, -0.2) is 30.9 Å². The number of benzene rings is 2. The fourth-order valence-corrected chi connectivity index (χ4v) is 5.20. The van der Waals surface area contributed by atoms with Crippen LogP contribution in [0.3, 0.4) is 0 Å². The summed E-state index contributed by atoms with van der Waals surface area (Å²) in [4.78, 5) is 42.3. The van der Waals surface area contributed by atoms with Crippen molar-refractivity contribution in [1.29, 1.82) is 0 Å². The van der Waals surface area contributed by atoms with Crippen molar-refractivity contribution in [1.82, 2.24) is 5.32 Å². The highest BCUT2D eigenvalue weighted by Gasteiger charge is 2.34. The molecule has 4 rings (SSSR count). The quantitative estimate of drug-likeness (QED) is 0.440. The molecule has 0 radical (unpaired) electrons. The zero-order valence-corrected chi connectivity index (χ0v) is 20.8. The average molecular weight is 491 g/mol. The van der Waals surface area contributed by atoms with E-state index in [1.54, 1.807) is 24.3 Å². The van der Waals surface area contributed by atoms with E-state index in [9.17, 15) is 14.4 Å². The number of thiophene rings is 1. The molecule has 0 spiro atoms. The summed E-state index contributed by atoms with van der Waals surface area (Å²) in [6, 6.07) is 17.4. The third-order valence-corrected chi connectivity index (χ3v) is 7.20. The Bertz CT molecular complexity index is 1170. The number of anilines is 1. The van der Waals surface area contributed by atoms with Gasteiger partial charge in [0.05, 0.1) is 19.1 Å². The van der Waals surface area contributed by atoms with Crippen LogP contribution in [0.4, 0.5) is 5.69 Å². The highest BCUT2D eigenvalue weighted by Crippen LogP contribution is 2.31. The van der Waals surface area contributed by atoms with Crippen LogP contribution in [-0.2, 0) is 20.7 Å². The number of carbonyl (C=O) groups is 3. The van der Waals surface area contributed by atoms with Gasteiger partial charge in [-0.3, -0.25) is 14.5 Å². The lowest BCUT2D eigenvalue weighted by Gasteiger charge is -2.32. The first kappa shape index (κ1) is 24.7. The number of amides is 2. The van der Waals surface area contributed by atoms with Crippen LogP contribution < -0.4 is 10.2 Å². The third-order valence-electron chi connectivity index (χ3n) is 6.32. The van der Waals surface area contributed by atoms with E-state index < -0.39 is 12.0 Å². The van der Waals surface area contributed by atoms with Gasteiger partial charge in [0.15, 0.2) is 0 Å². The van der Waals surface area contributed by atoms with Crippen molar-refractivity contribution in [3.63, 3.8) is 0 Å². The lowest BCUT2D eigenvalue weighted by atomic mass is 10.00. The van der Waals surface area contributed by atoms with E-state index in [0.717, 1.165) is 36.1 Å². The summed E-state index contributed by atoms with van der Waals surface area (Å²) >= 11 is 1.50. The second kappa shape index (κ2) is 11.3. The standard InChI is InChI=1S/C28H30N2O4S/c1-19-12-14-20(15-13-19)26(27(32)29-22-8-3-4-9-22)30(25(31)18-24-11-6-16-35-24)23-10-5-7-21(17-23)28(33)34-2/h5-7,10-17,22,26H,3-4,8-9,18H2,1-2H3,(H,29,32). The molecule has 3 aromatic rings. The van der Waals surface area contributed by atoms with Gasteiger partial charge in [-0.25, -0.2) is 4.79 Å². The molecule has 1 aliphatic carbocycles. The fourth-order valence-electron chi connectivity index (χ4n) is 4.50. The number of nitrogens with zero attached hydrogens (tertiary/aromatic N) is 1. The van der Waals surface area contributed by atoms with Crippen molar-refractivity contribution in [2.24, 2.45) is 0 Å². The largest absolute Gasteiger partial charge is 0.465 e. The summed E-state index contributed by atoms with van der Waals surface area (Å²) < 4.78 is 4.89. The van der Waals surface area contributed by atoms with Gasteiger partial charge < -0.3 is 10.1 Å². The molecular weight excluding hydrogens is 460 g/mol. The molecule has 2 aromatic carbocycles. The molecule has 0 saturated heterocycles. The van der Waals surface area contributed by atoms with Crippen LogP contribution in [0.2, 0.25) is 0 Å². The molecule has 6 nitrogen and oxygen atoms in total. The van der Waals surface area contributed by atoms with Crippen molar-refractivity contribution in [3.05, 3.63) is 87.6 Å². The van der Waals surface area contributed by atoms with Gasteiger partial charge in [0.1, 0.15) is 6.04 Å². The molecular formula is C28H30N2O4S. The normalized spacial score (nSPS) is 14.3. The molecule has 1 aliphatic rings. The number of ether oxygens (including phenoxy) is 1. The smallest absolute Gasteiger partial charge is 0.337 e. The number of hydrogen-bond donors (Lipinski definition) is 1. The Kier molecular flexibility index (Phi) is 7.98. The maximum atomic E-state index is 13.8. The van der Waals surface area contributed by atoms with Crippen molar-refractivity contribution in [2.45, 2.75) is 51.1 Å². The Balaban J connectivity index is 1.79. The molecule has 1 fully saturated rings. The Labute approximate surface area is 209 Å². The van der Waals surface area contributed by atoms with Gasteiger partial charge in [0.25, 0.3) is 0 Å². The highest BCUT2D eigenvalue weighted by molar-refractivity contribution is 7.10. The third kappa shape index (κ3) is 5.98. The van der Waals surface area contributed by atoms with E-state index in [4.69, 9.17) is 4.74 Å². The Hall–Kier alpha value is -3.45. The summed E-state index contributed by atoms with van der Waals surface area (Å²) in [7, 11) is 1.32. The Morgan fingerprint density at radius 1 is 1.06 bits per heavy atom. The minimum Gasteiger partial charge on any atom is -0.465 e. The van der Waals surface area contributed by atoms with Gasteiger partial charge in [0, 0.05) is 16.6 Å². The van der Waals surface area contributed by atoms with E-state index in [-0.39, 0.29) is 24.3 Å². The van der Waals surface area contributed by atoms with E-state index in [1.165, 1.54) is 23.3 Å². The first-order valence-corrected chi connectivity index (χ1v) is 12.7.